The van der Waals surface area contributed by atoms with Crippen molar-refractivity contribution in [2.24, 2.45) is 0 Å². The van der Waals surface area contributed by atoms with Crippen LogP contribution in [0.4, 0.5) is 5.69 Å². The number of carbonyl (C=O) groups is 1. The molecule has 0 aliphatic heterocycles. The number of anilines is 1. The van der Waals surface area contributed by atoms with Gasteiger partial charge in [-0.3, -0.25) is 9.82 Å². The zero-order chi connectivity index (χ0) is 13.3. The Morgan fingerprint density at radius 1 is 1.50 bits per heavy atom. The maximum Gasteiger partial charge on any atom is 0.354 e. The lowest BCUT2D eigenvalue weighted by atomic mass is 10.4. The third-order valence-corrected chi connectivity index (χ3v) is 3.53. The average molecular weight is 270 g/mol. The molecule has 0 bridgehead atoms. The molecule has 2 rings (SSSR count). The quantitative estimate of drug-likeness (QED) is 0.644. The number of rotatable bonds is 4. The summed E-state index contributed by atoms with van der Waals surface area (Å²) in [6.45, 7) is 1.63. The monoisotopic (exact) mass is 270 g/mol. The van der Waals surface area contributed by atoms with Crippen LogP contribution in [-0.2, 0) is 10.0 Å². The predicted octanol–water partition coefficient (Wildman–Crippen LogP) is 0.545. The Kier molecular flexibility index (Phi) is 2.83. The lowest BCUT2D eigenvalue weighted by Gasteiger charge is -2.04. The van der Waals surface area contributed by atoms with E-state index in [1.54, 1.807) is 6.92 Å². The van der Waals surface area contributed by atoms with Crippen molar-refractivity contribution < 1.29 is 18.3 Å². The highest BCUT2D eigenvalue weighted by Gasteiger charge is 2.20. The van der Waals surface area contributed by atoms with E-state index in [0.717, 1.165) is 6.20 Å². The number of aromatic nitrogens is 3. The van der Waals surface area contributed by atoms with Crippen molar-refractivity contribution in [2.75, 3.05) is 4.72 Å². The van der Waals surface area contributed by atoms with Crippen LogP contribution in [0.3, 0.4) is 0 Å². The van der Waals surface area contributed by atoms with E-state index >= 15 is 0 Å². The van der Waals surface area contributed by atoms with Gasteiger partial charge in [-0.25, -0.2) is 13.2 Å². The molecule has 2 heterocycles. The molecule has 0 atom stereocenters. The van der Waals surface area contributed by atoms with Gasteiger partial charge < -0.3 is 10.1 Å². The number of hydrogen-bond acceptors (Lipinski definition) is 4. The van der Waals surface area contributed by atoms with E-state index in [4.69, 9.17) is 5.11 Å². The highest BCUT2D eigenvalue weighted by atomic mass is 32.2. The van der Waals surface area contributed by atoms with Crippen molar-refractivity contribution in [3.05, 3.63) is 29.8 Å². The van der Waals surface area contributed by atoms with E-state index in [9.17, 15) is 13.2 Å². The normalized spacial score (nSPS) is 11.4. The van der Waals surface area contributed by atoms with Crippen LogP contribution in [0.2, 0.25) is 0 Å². The Balaban J connectivity index is 2.38. The van der Waals surface area contributed by atoms with Crippen LogP contribution in [0.15, 0.2) is 23.4 Å². The Morgan fingerprint density at radius 2 is 2.22 bits per heavy atom. The van der Waals surface area contributed by atoms with Crippen molar-refractivity contribution in [1.29, 1.82) is 0 Å². The summed E-state index contributed by atoms with van der Waals surface area (Å²) < 4.78 is 25.9. The molecule has 0 fully saturated rings. The lowest BCUT2D eigenvalue weighted by molar-refractivity contribution is 0.0692. The summed E-state index contributed by atoms with van der Waals surface area (Å²) in [5, 5.41) is 14.8. The Labute approximate surface area is 102 Å². The fraction of sp³-hybridized carbons (Fsp3) is 0.111. The first-order chi connectivity index (χ1) is 8.40. The van der Waals surface area contributed by atoms with Gasteiger partial charge in [-0.15, -0.1) is 0 Å². The van der Waals surface area contributed by atoms with E-state index in [0.29, 0.717) is 5.69 Å². The van der Waals surface area contributed by atoms with Gasteiger partial charge in [0.05, 0.1) is 11.9 Å². The number of nitrogens with zero attached hydrogens (tertiary/aromatic N) is 1. The predicted molar refractivity (Wildman–Crippen MR) is 61.9 cm³/mol. The summed E-state index contributed by atoms with van der Waals surface area (Å²) in [5.74, 6) is -1.24. The maximum absolute atomic E-state index is 11.9. The van der Waals surface area contributed by atoms with Crippen molar-refractivity contribution in [2.45, 2.75) is 11.8 Å². The third-order valence-electron chi connectivity index (χ3n) is 2.19. The molecule has 18 heavy (non-hydrogen) atoms. The SMILES string of the molecule is Cc1cc(NS(=O)(=O)c2cn[nH]c2)c(C(=O)O)[nH]1. The zero-order valence-electron chi connectivity index (χ0n) is 9.26. The minimum Gasteiger partial charge on any atom is -0.477 e. The van der Waals surface area contributed by atoms with Gasteiger partial charge >= 0.3 is 5.97 Å². The van der Waals surface area contributed by atoms with E-state index < -0.39 is 16.0 Å². The van der Waals surface area contributed by atoms with Crippen LogP contribution in [0, 0.1) is 6.92 Å². The molecule has 0 saturated heterocycles. The highest BCUT2D eigenvalue weighted by Crippen LogP contribution is 2.20. The molecular weight excluding hydrogens is 260 g/mol. The molecule has 8 nitrogen and oxygen atoms in total. The Bertz CT molecular complexity index is 671. The van der Waals surface area contributed by atoms with Crippen LogP contribution in [0.25, 0.3) is 0 Å². The van der Waals surface area contributed by atoms with Gasteiger partial charge in [0.2, 0.25) is 0 Å². The van der Waals surface area contributed by atoms with E-state index in [1.165, 1.54) is 12.3 Å². The second kappa shape index (κ2) is 4.18. The number of aryl methyl sites for hydroxylation is 1. The van der Waals surface area contributed by atoms with Gasteiger partial charge in [0.25, 0.3) is 10.0 Å². The second-order valence-electron chi connectivity index (χ2n) is 3.59. The largest absolute Gasteiger partial charge is 0.477 e. The number of aromatic carboxylic acids is 1. The first-order valence-corrected chi connectivity index (χ1v) is 6.33. The Morgan fingerprint density at radius 3 is 2.78 bits per heavy atom. The molecule has 9 heteroatoms. The van der Waals surface area contributed by atoms with Crippen molar-refractivity contribution in [3.63, 3.8) is 0 Å². The van der Waals surface area contributed by atoms with Crippen molar-refractivity contribution >= 4 is 21.7 Å². The van der Waals surface area contributed by atoms with Crippen LogP contribution < -0.4 is 4.72 Å². The summed E-state index contributed by atoms with van der Waals surface area (Å²) in [6.07, 6.45) is 2.32. The maximum atomic E-state index is 11.9. The number of nitrogens with one attached hydrogen (secondary N) is 3. The first-order valence-electron chi connectivity index (χ1n) is 4.84. The van der Waals surface area contributed by atoms with E-state index in [-0.39, 0.29) is 16.3 Å². The molecule has 2 aromatic rings. The standard InChI is InChI=1S/C9H10N4O4S/c1-5-2-7(8(12-5)9(14)15)13-18(16,17)6-3-10-11-4-6/h2-4,12-13H,1H3,(H,10,11)(H,14,15). The van der Waals surface area contributed by atoms with Gasteiger partial charge in [-0.1, -0.05) is 0 Å². The Hall–Kier alpha value is -2.29. The number of sulfonamides is 1. The fourth-order valence-electron chi connectivity index (χ4n) is 1.43. The van der Waals surface area contributed by atoms with Crippen molar-refractivity contribution in [1.82, 2.24) is 15.2 Å². The molecule has 0 unspecified atom stereocenters. The van der Waals surface area contributed by atoms with Crippen LogP contribution in [0.5, 0.6) is 0 Å². The third kappa shape index (κ3) is 2.20. The molecular formula is C9H10N4O4S. The highest BCUT2D eigenvalue weighted by molar-refractivity contribution is 7.92. The molecule has 0 aliphatic rings. The molecule has 0 aliphatic carbocycles. The summed E-state index contributed by atoms with van der Waals surface area (Å²) >= 11 is 0. The number of aromatic amines is 2. The van der Waals surface area contributed by atoms with E-state index in [1.807, 2.05) is 0 Å². The van der Waals surface area contributed by atoms with Gasteiger partial charge in [0.1, 0.15) is 10.6 Å². The molecule has 0 amide bonds. The van der Waals surface area contributed by atoms with Crippen LogP contribution >= 0.6 is 0 Å². The van der Waals surface area contributed by atoms with E-state index in [2.05, 4.69) is 19.9 Å². The van der Waals surface area contributed by atoms with Crippen LogP contribution in [-0.4, -0.2) is 34.7 Å². The first kappa shape index (κ1) is 12.2. The van der Waals surface area contributed by atoms with Crippen LogP contribution in [0.1, 0.15) is 16.2 Å². The zero-order valence-corrected chi connectivity index (χ0v) is 10.1. The average Bonchev–Trinajstić information content (AvgIpc) is 2.86. The smallest absolute Gasteiger partial charge is 0.354 e. The molecule has 96 valence electrons. The van der Waals surface area contributed by atoms with Gasteiger partial charge in [0.15, 0.2) is 0 Å². The number of carboxylic acids is 1. The topological polar surface area (TPSA) is 128 Å². The van der Waals surface area contributed by atoms with Gasteiger partial charge in [-0.05, 0) is 13.0 Å². The molecule has 0 spiro atoms. The minimum absolute atomic E-state index is 0.0128. The molecule has 0 saturated carbocycles. The number of carboxylic acid groups (broad SMARTS) is 1. The summed E-state index contributed by atoms with van der Waals surface area (Å²) in [7, 11) is -3.84. The lowest BCUT2D eigenvalue weighted by Crippen LogP contribution is -2.14. The molecule has 4 N–H and O–H groups in total. The number of H-pyrrole nitrogens is 2. The minimum atomic E-state index is -3.84. The summed E-state index contributed by atoms with van der Waals surface area (Å²) in [6, 6.07) is 1.40. The number of hydrogen-bond donors (Lipinski definition) is 4. The summed E-state index contributed by atoms with van der Waals surface area (Å²) in [4.78, 5) is 13.4. The fourth-order valence-corrected chi connectivity index (χ4v) is 2.40. The van der Waals surface area contributed by atoms with Gasteiger partial charge in [-0.2, -0.15) is 5.10 Å². The van der Waals surface area contributed by atoms with Gasteiger partial charge in [0, 0.05) is 11.9 Å². The molecule has 0 radical (unpaired) electrons. The van der Waals surface area contributed by atoms with Crippen molar-refractivity contribution in [3.8, 4) is 0 Å². The molecule has 2 aromatic heterocycles. The summed E-state index contributed by atoms with van der Waals surface area (Å²) in [5.41, 5.74) is 0.318. The molecule has 0 aromatic carbocycles. The second-order valence-corrected chi connectivity index (χ2v) is 5.27.